The second-order valence-electron chi connectivity index (χ2n) is 8.48. The molecule has 0 spiro atoms. The Morgan fingerprint density at radius 2 is 1.75 bits per heavy atom. The third kappa shape index (κ3) is 4.72. The van der Waals surface area contributed by atoms with Gasteiger partial charge in [-0.2, -0.15) is 0 Å². The standard InChI is InChI=1S/C22H31N3O3/c1-15(2)13-23-21(27)17-8-10-24(11-9-17)22(28)18-12-20(26)25(14-18)19-6-4-16(3)5-7-19/h4-7,15,17-18H,8-14H2,1-3H3,(H,23,27)/t18-/m0/s1. The Balaban J connectivity index is 1.52. The summed E-state index contributed by atoms with van der Waals surface area (Å²) in [4.78, 5) is 41.1. The number of likely N-dealkylation sites (tertiary alicyclic amines) is 1. The number of rotatable bonds is 5. The van der Waals surface area contributed by atoms with Crippen LogP contribution in [0.3, 0.4) is 0 Å². The van der Waals surface area contributed by atoms with Crippen LogP contribution in [0.2, 0.25) is 0 Å². The largest absolute Gasteiger partial charge is 0.356 e. The van der Waals surface area contributed by atoms with E-state index >= 15 is 0 Å². The molecule has 0 aromatic heterocycles. The summed E-state index contributed by atoms with van der Waals surface area (Å²) in [6, 6.07) is 7.82. The van der Waals surface area contributed by atoms with Gasteiger partial charge in [-0.15, -0.1) is 0 Å². The fraction of sp³-hybridized carbons (Fsp3) is 0.591. The van der Waals surface area contributed by atoms with Crippen LogP contribution >= 0.6 is 0 Å². The van der Waals surface area contributed by atoms with E-state index in [0.29, 0.717) is 44.9 Å². The van der Waals surface area contributed by atoms with Crippen molar-refractivity contribution in [2.45, 2.75) is 40.0 Å². The monoisotopic (exact) mass is 385 g/mol. The van der Waals surface area contributed by atoms with Gasteiger partial charge in [-0.3, -0.25) is 14.4 Å². The Bertz CT molecular complexity index is 721. The van der Waals surface area contributed by atoms with Crippen molar-refractivity contribution in [2.75, 3.05) is 31.1 Å². The number of hydrogen-bond donors (Lipinski definition) is 1. The summed E-state index contributed by atoms with van der Waals surface area (Å²) in [5.41, 5.74) is 2.00. The first kappa shape index (κ1) is 20.4. The third-order valence-corrected chi connectivity index (χ3v) is 5.68. The molecule has 152 valence electrons. The molecule has 2 fully saturated rings. The molecule has 2 aliphatic heterocycles. The van der Waals surface area contributed by atoms with Crippen LogP contribution < -0.4 is 10.2 Å². The lowest BCUT2D eigenvalue weighted by Gasteiger charge is -2.33. The van der Waals surface area contributed by atoms with E-state index in [4.69, 9.17) is 0 Å². The lowest BCUT2D eigenvalue weighted by atomic mass is 9.94. The highest BCUT2D eigenvalue weighted by molar-refractivity contribution is 6.00. The zero-order valence-electron chi connectivity index (χ0n) is 17.1. The van der Waals surface area contributed by atoms with E-state index < -0.39 is 0 Å². The van der Waals surface area contributed by atoms with Crippen LogP contribution in [-0.2, 0) is 14.4 Å². The van der Waals surface area contributed by atoms with Gasteiger partial charge in [0.25, 0.3) is 0 Å². The molecule has 1 N–H and O–H groups in total. The first-order valence-corrected chi connectivity index (χ1v) is 10.3. The van der Waals surface area contributed by atoms with E-state index in [0.717, 1.165) is 11.3 Å². The number of benzene rings is 1. The van der Waals surface area contributed by atoms with Crippen LogP contribution in [0.4, 0.5) is 5.69 Å². The molecule has 6 nitrogen and oxygen atoms in total. The molecule has 2 heterocycles. The quantitative estimate of drug-likeness (QED) is 0.846. The molecule has 28 heavy (non-hydrogen) atoms. The molecule has 0 unspecified atom stereocenters. The molecule has 2 saturated heterocycles. The summed E-state index contributed by atoms with van der Waals surface area (Å²) < 4.78 is 0. The smallest absolute Gasteiger partial charge is 0.228 e. The summed E-state index contributed by atoms with van der Waals surface area (Å²) in [5, 5.41) is 2.99. The Morgan fingerprint density at radius 1 is 1.11 bits per heavy atom. The number of nitrogens with zero attached hydrogens (tertiary/aromatic N) is 2. The first-order valence-electron chi connectivity index (χ1n) is 10.3. The first-order chi connectivity index (χ1) is 13.3. The van der Waals surface area contributed by atoms with Crippen molar-refractivity contribution in [1.82, 2.24) is 10.2 Å². The fourth-order valence-electron chi connectivity index (χ4n) is 3.92. The fourth-order valence-corrected chi connectivity index (χ4v) is 3.92. The molecular formula is C22H31N3O3. The van der Waals surface area contributed by atoms with Crippen molar-refractivity contribution < 1.29 is 14.4 Å². The zero-order valence-corrected chi connectivity index (χ0v) is 17.1. The Hall–Kier alpha value is -2.37. The molecule has 3 amide bonds. The summed E-state index contributed by atoms with van der Waals surface area (Å²) in [7, 11) is 0. The molecule has 2 aliphatic rings. The van der Waals surface area contributed by atoms with E-state index in [9.17, 15) is 14.4 Å². The number of anilines is 1. The Labute approximate surface area is 167 Å². The summed E-state index contributed by atoms with van der Waals surface area (Å²) in [6.45, 7) is 8.47. The van der Waals surface area contributed by atoms with E-state index in [2.05, 4.69) is 19.2 Å². The van der Waals surface area contributed by atoms with Gasteiger partial charge in [0, 0.05) is 44.2 Å². The number of carbonyl (C=O) groups excluding carboxylic acids is 3. The minimum Gasteiger partial charge on any atom is -0.356 e. The van der Waals surface area contributed by atoms with Crippen molar-refractivity contribution in [3.63, 3.8) is 0 Å². The highest BCUT2D eigenvalue weighted by Crippen LogP contribution is 2.28. The van der Waals surface area contributed by atoms with E-state index in [1.807, 2.05) is 36.1 Å². The van der Waals surface area contributed by atoms with Gasteiger partial charge in [-0.25, -0.2) is 0 Å². The number of amides is 3. The summed E-state index contributed by atoms with van der Waals surface area (Å²) >= 11 is 0. The van der Waals surface area contributed by atoms with Crippen LogP contribution in [-0.4, -0.2) is 48.8 Å². The van der Waals surface area contributed by atoms with Crippen LogP contribution in [0.1, 0.15) is 38.7 Å². The minimum atomic E-state index is -0.292. The molecule has 1 aromatic carbocycles. The van der Waals surface area contributed by atoms with Gasteiger partial charge in [0.15, 0.2) is 0 Å². The topological polar surface area (TPSA) is 69.7 Å². The molecule has 0 saturated carbocycles. The van der Waals surface area contributed by atoms with Gasteiger partial charge in [0.05, 0.1) is 5.92 Å². The average molecular weight is 386 g/mol. The molecule has 1 atom stereocenters. The summed E-state index contributed by atoms with van der Waals surface area (Å²) in [6.07, 6.45) is 1.65. The van der Waals surface area contributed by atoms with E-state index in [1.165, 1.54) is 0 Å². The molecule has 0 radical (unpaired) electrons. The maximum atomic E-state index is 12.9. The second kappa shape index (κ2) is 8.76. The predicted octanol–water partition coefficient (Wildman–Crippen LogP) is 2.36. The lowest BCUT2D eigenvalue weighted by molar-refractivity contribution is -0.139. The Kier molecular flexibility index (Phi) is 6.37. The van der Waals surface area contributed by atoms with E-state index in [1.54, 1.807) is 4.90 Å². The number of nitrogens with one attached hydrogen (secondary N) is 1. The third-order valence-electron chi connectivity index (χ3n) is 5.68. The minimum absolute atomic E-state index is 0.00477. The van der Waals surface area contributed by atoms with E-state index in [-0.39, 0.29) is 36.0 Å². The van der Waals surface area contributed by atoms with Gasteiger partial charge in [-0.05, 0) is 37.8 Å². The van der Waals surface area contributed by atoms with Crippen LogP contribution in [0, 0.1) is 24.7 Å². The van der Waals surface area contributed by atoms with Crippen molar-refractivity contribution >= 4 is 23.4 Å². The molecule has 0 bridgehead atoms. The number of aryl methyl sites for hydroxylation is 1. The number of piperidine rings is 1. The average Bonchev–Trinajstić information content (AvgIpc) is 3.08. The van der Waals surface area contributed by atoms with Gasteiger partial charge >= 0.3 is 0 Å². The van der Waals surface area contributed by atoms with Gasteiger partial charge < -0.3 is 15.1 Å². The maximum Gasteiger partial charge on any atom is 0.228 e. The number of carbonyl (C=O) groups is 3. The molecule has 6 heteroatoms. The summed E-state index contributed by atoms with van der Waals surface area (Å²) in [5.74, 6) is 0.274. The van der Waals surface area contributed by atoms with Crippen LogP contribution in [0.5, 0.6) is 0 Å². The zero-order chi connectivity index (χ0) is 20.3. The van der Waals surface area contributed by atoms with Crippen LogP contribution in [0.15, 0.2) is 24.3 Å². The number of hydrogen-bond acceptors (Lipinski definition) is 3. The molecule has 3 rings (SSSR count). The Morgan fingerprint density at radius 3 is 2.36 bits per heavy atom. The van der Waals surface area contributed by atoms with Crippen LogP contribution in [0.25, 0.3) is 0 Å². The molecule has 1 aromatic rings. The maximum absolute atomic E-state index is 12.9. The van der Waals surface area contributed by atoms with Gasteiger partial charge in [-0.1, -0.05) is 31.5 Å². The second-order valence-corrected chi connectivity index (χ2v) is 8.48. The van der Waals surface area contributed by atoms with Crippen molar-refractivity contribution in [2.24, 2.45) is 17.8 Å². The SMILES string of the molecule is Cc1ccc(N2C[C@@H](C(=O)N3CCC(C(=O)NCC(C)C)CC3)CC2=O)cc1. The molecule has 0 aliphatic carbocycles. The molecular weight excluding hydrogens is 354 g/mol. The predicted molar refractivity (Wildman–Crippen MR) is 109 cm³/mol. The normalized spacial score (nSPS) is 20.7. The highest BCUT2D eigenvalue weighted by Gasteiger charge is 2.38. The van der Waals surface area contributed by atoms with Crippen molar-refractivity contribution in [3.8, 4) is 0 Å². The van der Waals surface area contributed by atoms with Crippen molar-refractivity contribution in [1.29, 1.82) is 0 Å². The van der Waals surface area contributed by atoms with Gasteiger partial charge in [0.1, 0.15) is 0 Å². The lowest BCUT2D eigenvalue weighted by Crippen LogP contribution is -2.45. The van der Waals surface area contributed by atoms with Crippen molar-refractivity contribution in [3.05, 3.63) is 29.8 Å². The highest BCUT2D eigenvalue weighted by atomic mass is 16.2. The van der Waals surface area contributed by atoms with Gasteiger partial charge in [0.2, 0.25) is 17.7 Å².